The molecule has 0 atom stereocenters. The van der Waals surface area contributed by atoms with Crippen molar-refractivity contribution in [2.45, 2.75) is 33.6 Å². The third-order valence-corrected chi connectivity index (χ3v) is 4.47. The molecule has 0 N–H and O–H groups in total. The fraction of sp³-hybridized carbons (Fsp3) is 0.579. The standard InChI is InChI=1S/C19H28N4O3/c1-4-9-22(10-5-2)18(25)16-7-6-8-17(20-16)19(26)23-13-11-21(12-14-23)15(3)24/h6-8H,4-5,9-14H2,1-3H3. The number of rotatable bonds is 6. The van der Waals surface area contributed by atoms with Crippen molar-refractivity contribution < 1.29 is 14.4 Å². The minimum atomic E-state index is -0.194. The van der Waals surface area contributed by atoms with Gasteiger partial charge in [0.15, 0.2) is 0 Å². The molecule has 1 fully saturated rings. The van der Waals surface area contributed by atoms with Crippen LogP contribution >= 0.6 is 0 Å². The molecule has 0 saturated carbocycles. The van der Waals surface area contributed by atoms with E-state index >= 15 is 0 Å². The summed E-state index contributed by atoms with van der Waals surface area (Å²) < 4.78 is 0. The van der Waals surface area contributed by atoms with Gasteiger partial charge >= 0.3 is 0 Å². The van der Waals surface area contributed by atoms with E-state index in [0.29, 0.717) is 45.0 Å². The van der Waals surface area contributed by atoms with Crippen LogP contribution in [0.15, 0.2) is 18.2 Å². The maximum Gasteiger partial charge on any atom is 0.272 e. The van der Waals surface area contributed by atoms with Crippen molar-refractivity contribution in [1.82, 2.24) is 19.7 Å². The van der Waals surface area contributed by atoms with Crippen molar-refractivity contribution in [3.8, 4) is 0 Å². The molecule has 0 spiro atoms. The summed E-state index contributed by atoms with van der Waals surface area (Å²) in [6.07, 6.45) is 1.76. The van der Waals surface area contributed by atoms with E-state index in [2.05, 4.69) is 4.98 Å². The van der Waals surface area contributed by atoms with Gasteiger partial charge in [0.05, 0.1) is 0 Å². The zero-order chi connectivity index (χ0) is 19.1. The van der Waals surface area contributed by atoms with Gasteiger partial charge < -0.3 is 14.7 Å². The smallest absolute Gasteiger partial charge is 0.272 e. The van der Waals surface area contributed by atoms with E-state index < -0.39 is 0 Å². The second-order valence-corrected chi connectivity index (χ2v) is 6.50. The molecule has 0 aliphatic carbocycles. The summed E-state index contributed by atoms with van der Waals surface area (Å²) in [4.78, 5) is 46.3. The molecule has 2 rings (SSSR count). The largest absolute Gasteiger partial charge is 0.339 e. The number of aromatic nitrogens is 1. The van der Waals surface area contributed by atoms with Crippen LogP contribution < -0.4 is 0 Å². The van der Waals surface area contributed by atoms with E-state index in [1.165, 1.54) is 6.92 Å². The maximum atomic E-state index is 12.7. The van der Waals surface area contributed by atoms with E-state index in [-0.39, 0.29) is 23.4 Å². The lowest BCUT2D eigenvalue weighted by molar-refractivity contribution is -0.130. The Labute approximate surface area is 155 Å². The topological polar surface area (TPSA) is 73.8 Å². The third kappa shape index (κ3) is 4.80. The predicted octanol–water partition coefficient (Wildman–Crippen LogP) is 1.65. The lowest BCUT2D eigenvalue weighted by Crippen LogP contribution is -2.50. The molecule has 0 radical (unpaired) electrons. The zero-order valence-electron chi connectivity index (χ0n) is 15.9. The Morgan fingerprint density at radius 3 is 2.04 bits per heavy atom. The lowest BCUT2D eigenvalue weighted by Gasteiger charge is -2.34. The lowest BCUT2D eigenvalue weighted by atomic mass is 10.2. The number of pyridine rings is 1. The summed E-state index contributed by atoms with van der Waals surface area (Å²) in [6, 6.07) is 5.00. The van der Waals surface area contributed by atoms with Crippen LogP contribution in [0, 0.1) is 0 Å². The Kier molecular flexibility index (Phi) is 7.12. The molecule has 0 unspecified atom stereocenters. The molecule has 0 bridgehead atoms. The van der Waals surface area contributed by atoms with Gasteiger partial charge in [-0.15, -0.1) is 0 Å². The zero-order valence-corrected chi connectivity index (χ0v) is 15.9. The Morgan fingerprint density at radius 2 is 1.50 bits per heavy atom. The van der Waals surface area contributed by atoms with Crippen LogP contribution in [0.25, 0.3) is 0 Å². The number of nitrogens with zero attached hydrogens (tertiary/aromatic N) is 4. The number of carbonyl (C=O) groups is 3. The van der Waals surface area contributed by atoms with Crippen LogP contribution in [0.2, 0.25) is 0 Å². The molecule has 142 valence electrons. The van der Waals surface area contributed by atoms with Crippen molar-refractivity contribution in [2.75, 3.05) is 39.3 Å². The molecular weight excluding hydrogens is 332 g/mol. The molecule has 1 saturated heterocycles. The number of piperazine rings is 1. The Morgan fingerprint density at radius 1 is 0.962 bits per heavy atom. The van der Waals surface area contributed by atoms with Crippen LogP contribution in [-0.2, 0) is 4.79 Å². The van der Waals surface area contributed by atoms with E-state index in [1.807, 2.05) is 13.8 Å². The SMILES string of the molecule is CCCN(CCC)C(=O)c1cccc(C(=O)N2CCN(C(C)=O)CC2)n1. The summed E-state index contributed by atoms with van der Waals surface area (Å²) in [5, 5.41) is 0. The molecule has 1 aromatic rings. The maximum absolute atomic E-state index is 12.7. The molecular formula is C19H28N4O3. The Balaban J connectivity index is 2.09. The first kappa shape index (κ1) is 19.9. The third-order valence-electron chi connectivity index (χ3n) is 4.47. The molecule has 26 heavy (non-hydrogen) atoms. The highest BCUT2D eigenvalue weighted by Crippen LogP contribution is 2.10. The van der Waals surface area contributed by atoms with Gasteiger partial charge in [-0.2, -0.15) is 0 Å². The minimum absolute atomic E-state index is 0.0229. The van der Waals surface area contributed by atoms with Gasteiger partial charge in [-0.1, -0.05) is 19.9 Å². The summed E-state index contributed by atoms with van der Waals surface area (Å²) in [5.41, 5.74) is 0.584. The van der Waals surface area contributed by atoms with Gasteiger partial charge in [-0.05, 0) is 25.0 Å². The van der Waals surface area contributed by atoms with Gasteiger partial charge in [0.25, 0.3) is 11.8 Å². The first-order chi connectivity index (χ1) is 12.5. The first-order valence-corrected chi connectivity index (χ1v) is 9.29. The van der Waals surface area contributed by atoms with Gasteiger partial charge in [-0.25, -0.2) is 4.98 Å². The fourth-order valence-electron chi connectivity index (χ4n) is 3.08. The first-order valence-electron chi connectivity index (χ1n) is 9.29. The van der Waals surface area contributed by atoms with Gasteiger partial charge in [0, 0.05) is 46.2 Å². The van der Waals surface area contributed by atoms with Crippen LogP contribution in [0.5, 0.6) is 0 Å². The summed E-state index contributed by atoms with van der Waals surface area (Å²) in [6.45, 7) is 8.98. The molecule has 3 amide bonds. The average Bonchev–Trinajstić information content (AvgIpc) is 2.67. The van der Waals surface area contributed by atoms with E-state index in [0.717, 1.165) is 12.8 Å². The summed E-state index contributed by atoms with van der Waals surface area (Å²) in [5.74, 6) is -0.306. The highest BCUT2D eigenvalue weighted by atomic mass is 16.2. The van der Waals surface area contributed by atoms with E-state index in [1.54, 1.807) is 32.9 Å². The monoisotopic (exact) mass is 360 g/mol. The van der Waals surface area contributed by atoms with E-state index in [4.69, 9.17) is 0 Å². The van der Waals surface area contributed by atoms with Crippen molar-refractivity contribution >= 4 is 17.7 Å². The molecule has 1 aromatic heterocycles. The number of hydrogen-bond donors (Lipinski definition) is 0. The number of amides is 3. The average molecular weight is 360 g/mol. The summed E-state index contributed by atoms with van der Waals surface area (Å²) in [7, 11) is 0. The van der Waals surface area contributed by atoms with Crippen molar-refractivity contribution in [1.29, 1.82) is 0 Å². The number of hydrogen-bond acceptors (Lipinski definition) is 4. The van der Waals surface area contributed by atoms with Gasteiger partial charge in [0.2, 0.25) is 5.91 Å². The molecule has 7 heteroatoms. The van der Waals surface area contributed by atoms with Crippen molar-refractivity contribution in [3.63, 3.8) is 0 Å². The van der Waals surface area contributed by atoms with Crippen LogP contribution in [0.4, 0.5) is 0 Å². The highest BCUT2D eigenvalue weighted by Gasteiger charge is 2.25. The fourth-order valence-corrected chi connectivity index (χ4v) is 3.08. The normalized spacial score (nSPS) is 14.3. The quantitative estimate of drug-likeness (QED) is 0.773. The number of carbonyl (C=O) groups excluding carboxylic acids is 3. The summed E-state index contributed by atoms with van der Waals surface area (Å²) >= 11 is 0. The Hall–Kier alpha value is -2.44. The molecule has 1 aliphatic heterocycles. The molecule has 1 aliphatic rings. The van der Waals surface area contributed by atoms with Crippen LogP contribution in [-0.4, -0.2) is 76.7 Å². The van der Waals surface area contributed by atoms with Crippen LogP contribution in [0.3, 0.4) is 0 Å². The predicted molar refractivity (Wildman–Crippen MR) is 98.9 cm³/mol. The molecule has 2 heterocycles. The second-order valence-electron chi connectivity index (χ2n) is 6.50. The van der Waals surface area contributed by atoms with Gasteiger partial charge in [-0.3, -0.25) is 14.4 Å². The van der Waals surface area contributed by atoms with Crippen molar-refractivity contribution in [2.24, 2.45) is 0 Å². The second kappa shape index (κ2) is 9.31. The van der Waals surface area contributed by atoms with Gasteiger partial charge in [0.1, 0.15) is 11.4 Å². The molecule has 7 nitrogen and oxygen atoms in total. The minimum Gasteiger partial charge on any atom is -0.339 e. The Bertz CT molecular complexity index is 648. The molecule has 0 aromatic carbocycles. The van der Waals surface area contributed by atoms with Crippen LogP contribution in [0.1, 0.15) is 54.6 Å². The van der Waals surface area contributed by atoms with Crippen molar-refractivity contribution in [3.05, 3.63) is 29.6 Å². The highest BCUT2D eigenvalue weighted by molar-refractivity contribution is 5.96. The van der Waals surface area contributed by atoms with E-state index in [9.17, 15) is 14.4 Å².